The number of H-pyrrole nitrogens is 1. The molecule has 0 radical (unpaired) electrons. The van der Waals surface area contributed by atoms with Gasteiger partial charge >= 0.3 is 0 Å². The van der Waals surface area contributed by atoms with Gasteiger partial charge in [0.05, 0.1) is 17.4 Å². The van der Waals surface area contributed by atoms with Crippen molar-refractivity contribution >= 4 is 16.7 Å². The lowest BCUT2D eigenvalue weighted by Crippen LogP contribution is -2.10. The van der Waals surface area contributed by atoms with Gasteiger partial charge in [0.15, 0.2) is 0 Å². The first-order valence-electron chi connectivity index (χ1n) is 6.63. The van der Waals surface area contributed by atoms with Gasteiger partial charge in [-0.1, -0.05) is 30.3 Å². The standard InChI is InChI=1S/C9H11N.C7H6N2/c1-2-6-9-8(4-1)5-3-7-10-9;1-2-4-7-6(3-1)8-5-9-7/h1-2,4,6,10H,3,5,7H2;1-5H,(H,8,9). The van der Waals surface area contributed by atoms with Crippen LogP contribution in [0.25, 0.3) is 11.0 Å². The lowest BCUT2D eigenvalue weighted by molar-refractivity contribution is 0.830. The molecule has 0 saturated carbocycles. The molecule has 1 aliphatic rings. The molecule has 0 aliphatic carbocycles. The molecule has 0 saturated heterocycles. The zero-order valence-electron chi connectivity index (χ0n) is 10.8. The predicted molar refractivity (Wildman–Crippen MR) is 79.3 cm³/mol. The molecule has 3 aromatic rings. The van der Waals surface area contributed by atoms with Crippen molar-refractivity contribution in [1.82, 2.24) is 9.97 Å². The number of imidazole rings is 1. The Morgan fingerprint density at radius 1 is 0.947 bits per heavy atom. The number of anilines is 1. The third kappa shape index (κ3) is 2.76. The molecule has 0 atom stereocenters. The highest BCUT2D eigenvalue weighted by molar-refractivity contribution is 5.73. The molecular formula is C16H17N3. The van der Waals surface area contributed by atoms with Crippen molar-refractivity contribution in [2.24, 2.45) is 0 Å². The number of fused-ring (bicyclic) bond motifs is 2. The third-order valence-corrected chi connectivity index (χ3v) is 3.28. The highest BCUT2D eigenvalue weighted by Crippen LogP contribution is 2.20. The van der Waals surface area contributed by atoms with Gasteiger partial charge in [-0.25, -0.2) is 4.98 Å². The molecule has 2 heterocycles. The number of hydrogen-bond acceptors (Lipinski definition) is 2. The largest absolute Gasteiger partial charge is 0.385 e. The first-order chi connectivity index (χ1) is 9.43. The van der Waals surface area contributed by atoms with Gasteiger partial charge in [0.1, 0.15) is 0 Å². The minimum absolute atomic E-state index is 1.03. The van der Waals surface area contributed by atoms with Gasteiger partial charge in [0.2, 0.25) is 0 Å². The summed E-state index contributed by atoms with van der Waals surface area (Å²) in [5, 5.41) is 3.36. The topological polar surface area (TPSA) is 40.7 Å². The molecule has 0 fully saturated rings. The predicted octanol–water partition coefficient (Wildman–Crippen LogP) is 3.61. The number of benzene rings is 2. The summed E-state index contributed by atoms with van der Waals surface area (Å²) in [5.74, 6) is 0. The Labute approximate surface area is 112 Å². The van der Waals surface area contributed by atoms with Crippen LogP contribution in [0.5, 0.6) is 0 Å². The Bertz CT molecular complexity index is 602. The van der Waals surface area contributed by atoms with E-state index in [9.17, 15) is 0 Å². The van der Waals surface area contributed by atoms with Crippen molar-refractivity contribution in [3.63, 3.8) is 0 Å². The maximum absolute atomic E-state index is 4.06. The first-order valence-corrected chi connectivity index (χ1v) is 6.63. The second-order valence-electron chi connectivity index (χ2n) is 4.61. The third-order valence-electron chi connectivity index (χ3n) is 3.28. The lowest BCUT2D eigenvalue weighted by Gasteiger charge is -2.16. The van der Waals surface area contributed by atoms with Crippen molar-refractivity contribution in [3.05, 3.63) is 60.4 Å². The van der Waals surface area contributed by atoms with Crippen LogP contribution in [0.4, 0.5) is 5.69 Å². The summed E-state index contributed by atoms with van der Waals surface area (Å²) in [7, 11) is 0. The first kappa shape index (κ1) is 11.8. The van der Waals surface area contributed by atoms with E-state index in [2.05, 4.69) is 39.6 Å². The van der Waals surface area contributed by atoms with Crippen molar-refractivity contribution in [2.45, 2.75) is 12.8 Å². The molecule has 0 spiro atoms. The van der Waals surface area contributed by atoms with E-state index >= 15 is 0 Å². The zero-order valence-corrected chi connectivity index (χ0v) is 10.8. The number of para-hydroxylation sites is 3. The monoisotopic (exact) mass is 251 g/mol. The Balaban J connectivity index is 0.000000117. The van der Waals surface area contributed by atoms with Crippen molar-refractivity contribution in [1.29, 1.82) is 0 Å². The number of aryl methyl sites for hydroxylation is 1. The van der Waals surface area contributed by atoms with Gasteiger partial charge in [-0.2, -0.15) is 0 Å². The van der Waals surface area contributed by atoms with Crippen molar-refractivity contribution in [2.75, 3.05) is 11.9 Å². The number of aromatic nitrogens is 2. The Morgan fingerprint density at radius 3 is 2.68 bits per heavy atom. The van der Waals surface area contributed by atoms with Gasteiger partial charge in [0, 0.05) is 12.2 Å². The second-order valence-corrected chi connectivity index (χ2v) is 4.61. The van der Waals surface area contributed by atoms with Gasteiger partial charge in [-0.15, -0.1) is 0 Å². The maximum Gasteiger partial charge on any atom is 0.0931 e. The molecule has 1 aliphatic heterocycles. The summed E-state index contributed by atoms with van der Waals surface area (Å²) in [6.45, 7) is 1.14. The van der Waals surface area contributed by atoms with E-state index in [1.165, 1.54) is 24.1 Å². The van der Waals surface area contributed by atoms with E-state index in [1.54, 1.807) is 6.33 Å². The lowest BCUT2D eigenvalue weighted by atomic mass is 10.0. The summed E-state index contributed by atoms with van der Waals surface area (Å²) in [4.78, 5) is 7.07. The van der Waals surface area contributed by atoms with Crippen LogP contribution in [-0.2, 0) is 6.42 Å². The highest BCUT2D eigenvalue weighted by Gasteiger charge is 2.04. The minimum atomic E-state index is 1.03. The Morgan fingerprint density at radius 2 is 1.79 bits per heavy atom. The van der Waals surface area contributed by atoms with Crippen LogP contribution >= 0.6 is 0 Å². The van der Waals surface area contributed by atoms with Crippen LogP contribution in [0.3, 0.4) is 0 Å². The van der Waals surface area contributed by atoms with Crippen LogP contribution in [0.2, 0.25) is 0 Å². The molecule has 96 valence electrons. The number of aromatic amines is 1. The maximum atomic E-state index is 4.06. The Kier molecular flexibility index (Phi) is 3.45. The van der Waals surface area contributed by atoms with E-state index in [-0.39, 0.29) is 0 Å². The molecule has 2 aromatic carbocycles. The van der Waals surface area contributed by atoms with Crippen LogP contribution in [-0.4, -0.2) is 16.5 Å². The molecule has 0 bridgehead atoms. The summed E-state index contributed by atoms with van der Waals surface area (Å²) in [6.07, 6.45) is 4.21. The molecule has 0 amide bonds. The fourth-order valence-corrected chi connectivity index (χ4v) is 2.29. The summed E-state index contributed by atoms with van der Waals surface area (Å²) in [5.41, 5.74) is 4.91. The molecule has 3 heteroatoms. The molecule has 19 heavy (non-hydrogen) atoms. The fourth-order valence-electron chi connectivity index (χ4n) is 2.29. The molecule has 0 unspecified atom stereocenters. The van der Waals surface area contributed by atoms with Gasteiger partial charge < -0.3 is 10.3 Å². The Hall–Kier alpha value is -2.29. The summed E-state index contributed by atoms with van der Waals surface area (Å²) >= 11 is 0. The molecule has 2 N–H and O–H groups in total. The van der Waals surface area contributed by atoms with Crippen LogP contribution in [0.1, 0.15) is 12.0 Å². The highest BCUT2D eigenvalue weighted by atomic mass is 14.9. The normalized spacial score (nSPS) is 13.1. The average molecular weight is 251 g/mol. The quantitative estimate of drug-likeness (QED) is 0.641. The van der Waals surface area contributed by atoms with E-state index in [0.29, 0.717) is 0 Å². The number of rotatable bonds is 0. The molecule has 1 aromatic heterocycles. The van der Waals surface area contributed by atoms with Crippen LogP contribution in [0.15, 0.2) is 54.9 Å². The summed E-state index contributed by atoms with van der Waals surface area (Å²) in [6, 6.07) is 16.5. The number of nitrogens with one attached hydrogen (secondary N) is 2. The second kappa shape index (κ2) is 5.57. The van der Waals surface area contributed by atoms with E-state index in [4.69, 9.17) is 0 Å². The number of hydrogen-bond donors (Lipinski definition) is 2. The molecular weight excluding hydrogens is 234 g/mol. The van der Waals surface area contributed by atoms with Crippen LogP contribution in [0, 0.1) is 0 Å². The van der Waals surface area contributed by atoms with Crippen LogP contribution < -0.4 is 5.32 Å². The van der Waals surface area contributed by atoms with Gasteiger partial charge in [-0.3, -0.25) is 0 Å². The molecule has 3 nitrogen and oxygen atoms in total. The molecule has 4 rings (SSSR count). The number of nitrogens with zero attached hydrogens (tertiary/aromatic N) is 1. The SMILES string of the molecule is c1ccc2[nH]cnc2c1.c1ccc2c(c1)CCCN2. The van der Waals surface area contributed by atoms with E-state index in [1.807, 2.05) is 24.3 Å². The van der Waals surface area contributed by atoms with Crippen molar-refractivity contribution in [3.8, 4) is 0 Å². The fraction of sp³-hybridized carbons (Fsp3) is 0.188. The smallest absolute Gasteiger partial charge is 0.0931 e. The van der Waals surface area contributed by atoms with E-state index < -0.39 is 0 Å². The van der Waals surface area contributed by atoms with Gasteiger partial charge in [0.25, 0.3) is 0 Å². The average Bonchev–Trinajstić information content (AvgIpc) is 2.96. The summed E-state index contributed by atoms with van der Waals surface area (Å²) < 4.78 is 0. The van der Waals surface area contributed by atoms with E-state index in [0.717, 1.165) is 17.6 Å². The van der Waals surface area contributed by atoms with Crippen molar-refractivity contribution < 1.29 is 0 Å². The van der Waals surface area contributed by atoms with Gasteiger partial charge in [-0.05, 0) is 36.6 Å². The minimum Gasteiger partial charge on any atom is -0.385 e. The zero-order chi connectivity index (χ0) is 12.9.